The van der Waals surface area contributed by atoms with Gasteiger partial charge in [-0.1, -0.05) is 19.3 Å². The van der Waals surface area contributed by atoms with Gasteiger partial charge in [0, 0.05) is 19.6 Å². The minimum atomic E-state index is -0.874. The molecule has 0 bridgehead atoms. The van der Waals surface area contributed by atoms with Crippen molar-refractivity contribution in [2.75, 3.05) is 19.6 Å². The predicted molar refractivity (Wildman–Crippen MR) is 67.3 cm³/mol. The lowest BCUT2D eigenvalue weighted by molar-refractivity contribution is -0.136. The van der Waals surface area contributed by atoms with Crippen LogP contribution in [0.1, 0.15) is 38.5 Å². The van der Waals surface area contributed by atoms with Crippen molar-refractivity contribution in [1.29, 1.82) is 0 Å². The first-order valence-electron chi connectivity index (χ1n) is 6.91. The van der Waals surface area contributed by atoms with Gasteiger partial charge in [0.25, 0.3) is 0 Å². The monoisotopic (exact) mass is 254 g/mol. The SMILES string of the molecule is O=C(O)CCNC(=O)N1CCC2CCCCC2C1. The summed E-state index contributed by atoms with van der Waals surface area (Å²) in [6.07, 6.45) is 6.28. The number of rotatable bonds is 3. The summed E-state index contributed by atoms with van der Waals surface area (Å²) in [5, 5.41) is 11.2. The molecule has 1 saturated heterocycles. The molecule has 0 spiro atoms. The van der Waals surface area contributed by atoms with Crippen LogP contribution in [-0.4, -0.2) is 41.6 Å². The molecule has 2 aliphatic rings. The fourth-order valence-electron chi connectivity index (χ4n) is 3.17. The molecular weight excluding hydrogens is 232 g/mol. The number of nitrogens with one attached hydrogen (secondary N) is 1. The Hall–Kier alpha value is -1.26. The number of aliphatic carboxylic acids is 1. The molecular formula is C13H22N2O3. The molecule has 2 amide bonds. The molecule has 1 aliphatic heterocycles. The number of hydrogen-bond donors (Lipinski definition) is 2. The van der Waals surface area contributed by atoms with E-state index in [-0.39, 0.29) is 19.0 Å². The Labute approximate surface area is 108 Å². The van der Waals surface area contributed by atoms with Crippen LogP contribution in [0.3, 0.4) is 0 Å². The van der Waals surface area contributed by atoms with Crippen LogP contribution in [0.25, 0.3) is 0 Å². The smallest absolute Gasteiger partial charge is 0.317 e. The number of carboxylic acids is 1. The number of carboxylic acid groups (broad SMARTS) is 1. The van der Waals surface area contributed by atoms with Crippen LogP contribution < -0.4 is 5.32 Å². The summed E-state index contributed by atoms with van der Waals surface area (Å²) in [6.45, 7) is 1.89. The maximum atomic E-state index is 11.9. The number of carbonyl (C=O) groups excluding carboxylic acids is 1. The summed E-state index contributed by atoms with van der Waals surface area (Å²) in [7, 11) is 0. The molecule has 2 atom stereocenters. The number of hydrogen-bond acceptors (Lipinski definition) is 2. The Balaban J connectivity index is 1.75. The summed E-state index contributed by atoms with van der Waals surface area (Å²) in [5.41, 5.74) is 0. The number of fused-ring (bicyclic) bond motifs is 1. The zero-order valence-electron chi connectivity index (χ0n) is 10.7. The van der Waals surface area contributed by atoms with Crippen molar-refractivity contribution >= 4 is 12.0 Å². The Morgan fingerprint density at radius 1 is 1.17 bits per heavy atom. The highest BCUT2D eigenvalue weighted by molar-refractivity contribution is 5.75. The van der Waals surface area contributed by atoms with Gasteiger partial charge in [0.05, 0.1) is 6.42 Å². The van der Waals surface area contributed by atoms with Crippen molar-refractivity contribution in [1.82, 2.24) is 10.2 Å². The summed E-state index contributed by atoms with van der Waals surface area (Å²) in [6, 6.07) is -0.0970. The number of carbonyl (C=O) groups is 2. The van der Waals surface area contributed by atoms with E-state index in [1.807, 2.05) is 4.90 Å². The molecule has 1 heterocycles. The molecule has 102 valence electrons. The van der Waals surface area contributed by atoms with E-state index in [1.54, 1.807) is 0 Å². The molecule has 1 aliphatic carbocycles. The van der Waals surface area contributed by atoms with Gasteiger partial charge in [-0.25, -0.2) is 4.79 Å². The largest absolute Gasteiger partial charge is 0.481 e. The van der Waals surface area contributed by atoms with Gasteiger partial charge in [-0.3, -0.25) is 4.79 Å². The van der Waals surface area contributed by atoms with Crippen molar-refractivity contribution in [2.45, 2.75) is 38.5 Å². The highest BCUT2D eigenvalue weighted by Crippen LogP contribution is 2.35. The highest BCUT2D eigenvalue weighted by atomic mass is 16.4. The molecule has 2 fully saturated rings. The lowest BCUT2D eigenvalue weighted by Gasteiger charge is -2.41. The van der Waals surface area contributed by atoms with Gasteiger partial charge in [0.2, 0.25) is 0 Å². The van der Waals surface area contributed by atoms with Crippen LogP contribution in [-0.2, 0) is 4.79 Å². The van der Waals surface area contributed by atoms with E-state index in [0.717, 1.165) is 25.4 Å². The Kier molecular flexibility index (Phi) is 4.44. The van der Waals surface area contributed by atoms with Crippen molar-refractivity contribution in [2.24, 2.45) is 11.8 Å². The molecule has 2 unspecified atom stereocenters. The fourth-order valence-corrected chi connectivity index (χ4v) is 3.17. The second kappa shape index (κ2) is 6.07. The lowest BCUT2D eigenvalue weighted by Crippen LogP contribution is -2.49. The average Bonchev–Trinajstić information content (AvgIpc) is 2.37. The molecule has 1 saturated carbocycles. The van der Waals surface area contributed by atoms with Crippen LogP contribution in [0.4, 0.5) is 4.79 Å². The third kappa shape index (κ3) is 3.37. The Bertz CT molecular complexity index is 319. The first kappa shape index (κ1) is 13.2. The minimum Gasteiger partial charge on any atom is -0.481 e. The first-order valence-corrected chi connectivity index (χ1v) is 6.91. The zero-order valence-corrected chi connectivity index (χ0v) is 10.7. The minimum absolute atomic E-state index is 0.00830. The van der Waals surface area contributed by atoms with Gasteiger partial charge < -0.3 is 15.3 Å². The van der Waals surface area contributed by atoms with E-state index in [9.17, 15) is 9.59 Å². The van der Waals surface area contributed by atoms with E-state index < -0.39 is 5.97 Å². The van der Waals surface area contributed by atoms with E-state index in [2.05, 4.69) is 5.32 Å². The standard InChI is InChI=1S/C13H22N2O3/c16-12(17)5-7-14-13(18)15-8-6-10-3-1-2-4-11(10)9-15/h10-11H,1-9H2,(H,14,18)(H,16,17). The third-order valence-electron chi connectivity index (χ3n) is 4.19. The number of amides is 2. The molecule has 0 aromatic carbocycles. The maximum absolute atomic E-state index is 11.9. The van der Waals surface area contributed by atoms with Crippen LogP contribution in [0.15, 0.2) is 0 Å². The van der Waals surface area contributed by atoms with E-state index in [1.165, 1.54) is 25.7 Å². The summed E-state index contributed by atoms with van der Waals surface area (Å²) in [5.74, 6) is 0.598. The van der Waals surface area contributed by atoms with Crippen molar-refractivity contribution < 1.29 is 14.7 Å². The third-order valence-corrected chi connectivity index (χ3v) is 4.19. The van der Waals surface area contributed by atoms with Crippen molar-refractivity contribution in [3.05, 3.63) is 0 Å². The van der Waals surface area contributed by atoms with Crippen LogP contribution in [0.2, 0.25) is 0 Å². The average molecular weight is 254 g/mol. The van der Waals surface area contributed by atoms with Crippen LogP contribution in [0.5, 0.6) is 0 Å². The normalized spacial score (nSPS) is 27.4. The Morgan fingerprint density at radius 2 is 1.89 bits per heavy atom. The molecule has 5 heteroatoms. The summed E-state index contributed by atoms with van der Waals surface area (Å²) in [4.78, 5) is 24.1. The van der Waals surface area contributed by atoms with Crippen molar-refractivity contribution in [3.8, 4) is 0 Å². The van der Waals surface area contributed by atoms with Gasteiger partial charge in [0.15, 0.2) is 0 Å². The van der Waals surface area contributed by atoms with E-state index in [4.69, 9.17) is 5.11 Å². The van der Waals surface area contributed by atoms with Gasteiger partial charge in [-0.05, 0) is 24.7 Å². The van der Waals surface area contributed by atoms with E-state index >= 15 is 0 Å². The first-order chi connectivity index (χ1) is 8.66. The summed E-state index contributed by atoms with van der Waals surface area (Å²) < 4.78 is 0. The molecule has 18 heavy (non-hydrogen) atoms. The molecule has 2 N–H and O–H groups in total. The zero-order chi connectivity index (χ0) is 13.0. The topological polar surface area (TPSA) is 69.6 Å². The van der Waals surface area contributed by atoms with Gasteiger partial charge in [-0.2, -0.15) is 0 Å². The van der Waals surface area contributed by atoms with Gasteiger partial charge in [0.1, 0.15) is 0 Å². The molecule has 0 aromatic rings. The van der Waals surface area contributed by atoms with Crippen LogP contribution in [0, 0.1) is 11.8 Å². The van der Waals surface area contributed by atoms with Crippen LogP contribution >= 0.6 is 0 Å². The predicted octanol–water partition coefficient (Wildman–Crippen LogP) is 1.68. The van der Waals surface area contributed by atoms with Gasteiger partial charge >= 0.3 is 12.0 Å². The number of likely N-dealkylation sites (tertiary alicyclic amines) is 1. The number of nitrogens with zero attached hydrogens (tertiary/aromatic N) is 1. The molecule has 0 radical (unpaired) electrons. The lowest BCUT2D eigenvalue weighted by atomic mass is 9.75. The van der Waals surface area contributed by atoms with E-state index in [0.29, 0.717) is 5.92 Å². The number of piperidine rings is 1. The molecule has 0 aromatic heterocycles. The molecule has 5 nitrogen and oxygen atoms in total. The number of urea groups is 1. The van der Waals surface area contributed by atoms with Gasteiger partial charge in [-0.15, -0.1) is 0 Å². The Morgan fingerprint density at radius 3 is 2.61 bits per heavy atom. The summed E-state index contributed by atoms with van der Waals surface area (Å²) >= 11 is 0. The van der Waals surface area contributed by atoms with Crippen molar-refractivity contribution in [3.63, 3.8) is 0 Å². The maximum Gasteiger partial charge on any atom is 0.317 e. The fraction of sp³-hybridized carbons (Fsp3) is 0.846. The quantitative estimate of drug-likeness (QED) is 0.805. The molecule has 2 rings (SSSR count). The highest BCUT2D eigenvalue weighted by Gasteiger charge is 2.32. The second-order valence-electron chi connectivity index (χ2n) is 5.41. The second-order valence-corrected chi connectivity index (χ2v) is 5.41.